The molecule has 0 aliphatic carbocycles. The van der Waals surface area contributed by atoms with Crippen LogP contribution in [0.1, 0.15) is 27.2 Å². The average molecular weight is 156 g/mol. The number of ether oxygens (including phenoxy) is 1. The molecule has 0 radical (unpaired) electrons. The highest BCUT2D eigenvalue weighted by atomic mass is 16.5. The number of rotatable bonds is 4. The predicted octanol–water partition coefficient (Wildman–Crippen LogP) is 1.04. The Hall–Kier alpha value is -0.590. The maximum atomic E-state index is 8.53. The quantitative estimate of drug-likeness (QED) is 0.661. The third-order valence-corrected chi connectivity index (χ3v) is 1.33. The van der Waals surface area contributed by atoms with Crippen LogP contribution in [0.15, 0.2) is 0 Å². The SMILES string of the molecule is CC(C)OCC[C@@](C)(N)C#N. The summed E-state index contributed by atoms with van der Waals surface area (Å²) in [4.78, 5) is 0. The lowest BCUT2D eigenvalue weighted by atomic mass is 10.0. The van der Waals surface area contributed by atoms with E-state index in [2.05, 4.69) is 0 Å². The Morgan fingerprint density at radius 3 is 2.55 bits per heavy atom. The maximum absolute atomic E-state index is 8.53. The number of nitrogens with two attached hydrogens (primary N) is 1. The Morgan fingerprint density at radius 1 is 1.64 bits per heavy atom. The summed E-state index contributed by atoms with van der Waals surface area (Å²) >= 11 is 0. The molecule has 0 unspecified atom stereocenters. The first-order valence-electron chi connectivity index (χ1n) is 3.79. The molecule has 3 nitrogen and oxygen atoms in total. The van der Waals surface area contributed by atoms with Crippen LogP contribution in [0.2, 0.25) is 0 Å². The van der Waals surface area contributed by atoms with Crippen molar-refractivity contribution in [3.63, 3.8) is 0 Å². The van der Waals surface area contributed by atoms with Crippen LogP contribution < -0.4 is 5.73 Å². The first-order valence-corrected chi connectivity index (χ1v) is 3.79. The Morgan fingerprint density at radius 2 is 2.18 bits per heavy atom. The van der Waals surface area contributed by atoms with Gasteiger partial charge in [-0.2, -0.15) is 5.26 Å². The van der Waals surface area contributed by atoms with Crippen molar-refractivity contribution in [2.24, 2.45) is 5.73 Å². The van der Waals surface area contributed by atoms with Gasteiger partial charge in [0.1, 0.15) is 5.54 Å². The molecular formula is C8H16N2O. The van der Waals surface area contributed by atoms with Gasteiger partial charge in [0.2, 0.25) is 0 Å². The lowest BCUT2D eigenvalue weighted by molar-refractivity contribution is 0.0706. The van der Waals surface area contributed by atoms with Gasteiger partial charge >= 0.3 is 0 Å². The van der Waals surface area contributed by atoms with E-state index in [0.29, 0.717) is 13.0 Å². The fourth-order valence-electron chi connectivity index (χ4n) is 0.563. The van der Waals surface area contributed by atoms with Gasteiger partial charge in [-0.15, -0.1) is 0 Å². The molecule has 0 aliphatic heterocycles. The molecule has 0 aromatic rings. The first kappa shape index (κ1) is 10.4. The summed E-state index contributed by atoms with van der Waals surface area (Å²) < 4.78 is 5.25. The van der Waals surface area contributed by atoms with Gasteiger partial charge in [-0.3, -0.25) is 0 Å². The highest BCUT2D eigenvalue weighted by Gasteiger charge is 2.16. The Bertz CT molecular complexity index is 147. The zero-order chi connectivity index (χ0) is 8.91. The van der Waals surface area contributed by atoms with Crippen molar-refractivity contribution >= 4 is 0 Å². The highest BCUT2D eigenvalue weighted by molar-refractivity contribution is 5.00. The van der Waals surface area contributed by atoms with Gasteiger partial charge in [0.05, 0.1) is 12.2 Å². The van der Waals surface area contributed by atoms with Gasteiger partial charge in [0, 0.05) is 13.0 Å². The molecule has 0 rings (SSSR count). The molecule has 64 valence electrons. The largest absolute Gasteiger partial charge is 0.379 e. The zero-order valence-electron chi connectivity index (χ0n) is 7.42. The van der Waals surface area contributed by atoms with Crippen LogP contribution in [0.3, 0.4) is 0 Å². The van der Waals surface area contributed by atoms with Crippen LogP contribution in [-0.2, 0) is 4.74 Å². The number of hydrogen-bond donors (Lipinski definition) is 1. The molecule has 0 saturated carbocycles. The van der Waals surface area contributed by atoms with Gasteiger partial charge in [-0.25, -0.2) is 0 Å². The van der Waals surface area contributed by atoms with Gasteiger partial charge in [-0.05, 0) is 20.8 Å². The van der Waals surface area contributed by atoms with E-state index in [1.165, 1.54) is 0 Å². The molecule has 0 aliphatic rings. The summed E-state index contributed by atoms with van der Waals surface area (Å²) in [6.45, 7) is 6.18. The van der Waals surface area contributed by atoms with Crippen molar-refractivity contribution in [3.8, 4) is 6.07 Å². The minimum atomic E-state index is -0.741. The average Bonchev–Trinajstić information content (AvgIpc) is 1.87. The van der Waals surface area contributed by atoms with Crippen LogP contribution in [0.4, 0.5) is 0 Å². The Labute approximate surface area is 68.1 Å². The highest BCUT2D eigenvalue weighted by Crippen LogP contribution is 2.04. The molecule has 0 spiro atoms. The number of hydrogen-bond acceptors (Lipinski definition) is 3. The number of nitriles is 1. The van der Waals surface area contributed by atoms with Crippen molar-refractivity contribution in [2.45, 2.75) is 38.8 Å². The minimum Gasteiger partial charge on any atom is -0.379 e. The normalized spacial score (nSPS) is 16.0. The summed E-state index contributed by atoms with van der Waals surface area (Å²) in [6.07, 6.45) is 0.797. The predicted molar refractivity (Wildman–Crippen MR) is 43.9 cm³/mol. The summed E-state index contributed by atoms with van der Waals surface area (Å²) in [5, 5.41) is 8.53. The third kappa shape index (κ3) is 5.84. The molecule has 0 saturated heterocycles. The summed E-state index contributed by atoms with van der Waals surface area (Å²) in [7, 11) is 0. The van der Waals surface area contributed by atoms with Crippen molar-refractivity contribution in [1.29, 1.82) is 5.26 Å². The molecule has 1 atom stereocenters. The minimum absolute atomic E-state index is 0.212. The van der Waals surface area contributed by atoms with E-state index in [1.54, 1.807) is 6.92 Å². The fraction of sp³-hybridized carbons (Fsp3) is 0.875. The van der Waals surface area contributed by atoms with Gasteiger partial charge in [0.25, 0.3) is 0 Å². The molecule has 0 aromatic heterocycles. The number of nitrogens with zero attached hydrogens (tertiary/aromatic N) is 1. The molecule has 0 bridgehead atoms. The van der Waals surface area contributed by atoms with E-state index in [4.69, 9.17) is 15.7 Å². The molecule has 3 heteroatoms. The second kappa shape index (κ2) is 4.32. The first-order chi connectivity index (χ1) is 4.98. The van der Waals surface area contributed by atoms with Crippen molar-refractivity contribution in [3.05, 3.63) is 0 Å². The molecule has 11 heavy (non-hydrogen) atoms. The van der Waals surface area contributed by atoms with Crippen molar-refractivity contribution in [2.75, 3.05) is 6.61 Å². The van der Waals surface area contributed by atoms with E-state index in [-0.39, 0.29) is 6.10 Å². The third-order valence-electron chi connectivity index (χ3n) is 1.33. The molecule has 0 heterocycles. The van der Waals surface area contributed by atoms with E-state index < -0.39 is 5.54 Å². The Balaban J connectivity index is 3.48. The van der Waals surface area contributed by atoms with Crippen LogP contribution in [-0.4, -0.2) is 18.2 Å². The molecule has 2 N–H and O–H groups in total. The monoisotopic (exact) mass is 156 g/mol. The van der Waals surface area contributed by atoms with Crippen LogP contribution in [0, 0.1) is 11.3 Å². The maximum Gasteiger partial charge on any atom is 0.103 e. The van der Waals surface area contributed by atoms with Gasteiger partial charge in [-0.1, -0.05) is 0 Å². The van der Waals surface area contributed by atoms with E-state index in [1.807, 2.05) is 19.9 Å². The van der Waals surface area contributed by atoms with Crippen LogP contribution in [0.5, 0.6) is 0 Å². The molecule has 0 amide bonds. The van der Waals surface area contributed by atoms with E-state index in [9.17, 15) is 0 Å². The van der Waals surface area contributed by atoms with Crippen molar-refractivity contribution < 1.29 is 4.74 Å². The van der Waals surface area contributed by atoms with Gasteiger partial charge < -0.3 is 10.5 Å². The van der Waals surface area contributed by atoms with Crippen LogP contribution >= 0.6 is 0 Å². The van der Waals surface area contributed by atoms with Crippen molar-refractivity contribution in [1.82, 2.24) is 0 Å². The van der Waals surface area contributed by atoms with Gasteiger partial charge in [0.15, 0.2) is 0 Å². The standard InChI is InChI=1S/C8H16N2O/c1-7(2)11-5-4-8(3,10)6-9/h7H,4-5,10H2,1-3H3/t8-/m1/s1. The topological polar surface area (TPSA) is 59.0 Å². The second-order valence-electron chi connectivity index (χ2n) is 3.20. The Kier molecular flexibility index (Phi) is 4.09. The summed E-state index contributed by atoms with van der Waals surface area (Å²) in [5.74, 6) is 0. The zero-order valence-corrected chi connectivity index (χ0v) is 7.42. The fourth-order valence-corrected chi connectivity index (χ4v) is 0.563. The van der Waals surface area contributed by atoms with Crippen LogP contribution in [0.25, 0.3) is 0 Å². The lowest BCUT2D eigenvalue weighted by Gasteiger charge is -2.15. The van der Waals surface area contributed by atoms with E-state index in [0.717, 1.165) is 0 Å². The lowest BCUT2D eigenvalue weighted by Crippen LogP contribution is -2.35. The molecule has 0 aromatic carbocycles. The van der Waals surface area contributed by atoms with E-state index >= 15 is 0 Å². The summed E-state index contributed by atoms with van der Waals surface area (Å²) in [5.41, 5.74) is 4.82. The summed E-state index contributed by atoms with van der Waals surface area (Å²) in [6, 6.07) is 2.01. The molecule has 0 fully saturated rings. The smallest absolute Gasteiger partial charge is 0.103 e. The molecular weight excluding hydrogens is 140 g/mol. The second-order valence-corrected chi connectivity index (χ2v) is 3.20.